The second kappa shape index (κ2) is 5.24. The maximum atomic E-state index is 13.9. The summed E-state index contributed by atoms with van der Waals surface area (Å²) in [5.74, 6) is 2.98. The lowest BCUT2D eigenvalue weighted by Crippen LogP contribution is -2.46. The molecule has 1 aromatic carbocycles. The SMILES string of the molecule is C[C@H]1O[C@](C#CC2CC2)(C(F)(F)F)c2cc(F)ccc2NC1=O. The van der Waals surface area contributed by atoms with Crippen LogP contribution in [0.15, 0.2) is 18.2 Å². The van der Waals surface area contributed by atoms with Crippen LogP contribution in [0.3, 0.4) is 0 Å². The Bertz CT molecular complexity index is 715. The van der Waals surface area contributed by atoms with Crippen LogP contribution in [0.1, 0.15) is 25.3 Å². The molecule has 1 aliphatic carbocycles. The number of amides is 1. The zero-order valence-electron chi connectivity index (χ0n) is 12.1. The number of carbonyl (C=O) groups is 1. The Labute approximate surface area is 130 Å². The van der Waals surface area contributed by atoms with Crippen molar-refractivity contribution in [2.24, 2.45) is 5.92 Å². The van der Waals surface area contributed by atoms with Gasteiger partial charge in [0.1, 0.15) is 11.9 Å². The summed E-state index contributed by atoms with van der Waals surface area (Å²) in [6.07, 6.45) is -4.87. The Hall–Kier alpha value is -2.07. The van der Waals surface area contributed by atoms with Gasteiger partial charge in [-0.2, -0.15) is 13.2 Å². The van der Waals surface area contributed by atoms with E-state index >= 15 is 0 Å². The lowest BCUT2D eigenvalue weighted by molar-refractivity contribution is -0.266. The van der Waals surface area contributed by atoms with Crippen LogP contribution in [0.4, 0.5) is 23.2 Å². The Kier molecular flexibility index (Phi) is 3.60. The molecule has 2 atom stereocenters. The molecule has 7 heteroatoms. The van der Waals surface area contributed by atoms with Gasteiger partial charge in [-0.15, -0.1) is 0 Å². The van der Waals surface area contributed by atoms with Gasteiger partial charge in [0.2, 0.25) is 0 Å². The molecule has 0 unspecified atom stereocenters. The van der Waals surface area contributed by atoms with Crippen molar-refractivity contribution in [3.8, 4) is 11.8 Å². The number of benzene rings is 1. The van der Waals surface area contributed by atoms with Crippen LogP contribution >= 0.6 is 0 Å². The van der Waals surface area contributed by atoms with Crippen molar-refractivity contribution in [2.75, 3.05) is 5.32 Å². The van der Waals surface area contributed by atoms with E-state index in [0.717, 1.165) is 25.0 Å². The average molecular weight is 327 g/mol. The van der Waals surface area contributed by atoms with E-state index in [9.17, 15) is 22.4 Å². The molecule has 1 saturated carbocycles. The quantitative estimate of drug-likeness (QED) is 0.586. The standard InChI is InChI=1S/C16H13F4NO2/c1-9-14(22)21-13-5-4-11(17)8-12(13)15(23-9,16(18,19)20)7-6-10-2-3-10/h4-5,8-10H,2-3H2,1H3,(H,21,22)/t9-,15+/m1/s1. The van der Waals surface area contributed by atoms with E-state index in [2.05, 4.69) is 17.2 Å². The number of halogens is 4. The molecule has 1 aliphatic heterocycles. The summed E-state index contributed by atoms with van der Waals surface area (Å²) < 4.78 is 60.2. The first-order valence-electron chi connectivity index (χ1n) is 7.11. The predicted octanol–water partition coefficient (Wildman–Crippen LogP) is 3.35. The molecule has 1 fully saturated rings. The number of fused-ring (bicyclic) bond motifs is 1. The summed E-state index contributed by atoms with van der Waals surface area (Å²) >= 11 is 0. The topological polar surface area (TPSA) is 38.3 Å². The fourth-order valence-electron chi connectivity index (χ4n) is 2.35. The molecule has 122 valence electrons. The summed E-state index contributed by atoms with van der Waals surface area (Å²) in [7, 11) is 0. The zero-order valence-corrected chi connectivity index (χ0v) is 12.1. The van der Waals surface area contributed by atoms with Crippen LogP contribution in [0.2, 0.25) is 0 Å². The average Bonchev–Trinajstić information content (AvgIpc) is 3.27. The van der Waals surface area contributed by atoms with Crippen LogP contribution in [-0.2, 0) is 15.1 Å². The molecule has 1 amide bonds. The minimum absolute atomic E-state index is 0.114. The van der Waals surface area contributed by atoms with Crippen molar-refractivity contribution in [1.82, 2.24) is 0 Å². The van der Waals surface area contributed by atoms with Crippen molar-refractivity contribution in [3.05, 3.63) is 29.6 Å². The van der Waals surface area contributed by atoms with Gasteiger partial charge in [0.05, 0.1) is 0 Å². The van der Waals surface area contributed by atoms with E-state index in [1.165, 1.54) is 6.92 Å². The molecule has 3 rings (SSSR count). The van der Waals surface area contributed by atoms with Gasteiger partial charge in [0.15, 0.2) is 0 Å². The van der Waals surface area contributed by atoms with Crippen LogP contribution in [0, 0.1) is 23.6 Å². The minimum Gasteiger partial charge on any atom is -0.337 e. The highest BCUT2D eigenvalue weighted by Gasteiger charge is 2.60. The van der Waals surface area contributed by atoms with Gasteiger partial charge in [-0.3, -0.25) is 4.79 Å². The number of rotatable bonds is 0. The van der Waals surface area contributed by atoms with Crippen LogP contribution in [0.25, 0.3) is 0 Å². The minimum atomic E-state index is -4.93. The third-order valence-corrected chi connectivity index (χ3v) is 3.77. The molecule has 0 saturated heterocycles. The normalized spacial score (nSPS) is 27.3. The van der Waals surface area contributed by atoms with Crippen molar-refractivity contribution >= 4 is 11.6 Å². The summed E-state index contributed by atoms with van der Waals surface area (Å²) in [5, 5.41) is 2.33. The van der Waals surface area contributed by atoms with E-state index in [1.807, 2.05) is 0 Å². The first-order chi connectivity index (χ1) is 10.7. The Morgan fingerprint density at radius 2 is 2.04 bits per heavy atom. The maximum absolute atomic E-state index is 13.9. The second-order valence-corrected chi connectivity index (χ2v) is 5.66. The first-order valence-corrected chi connectivity index (χ1v) is 7.11. The molecule has 0 radical (unpaired) electrons. The molecule has 23 heavy (non-hydrogen) atoms. The molecule has 1 N–H and O–H groups in total. The summed E-state index contributed by atoms with van der Waals surface area (Å²) in [5.41, 5.74) is -3.72. The van der Waals surface area contributed by atoms with Gasteiger partial charge in [0, 0.05) is 17.2 Å². The molecule has 0 bridgehead atoms. The summed E-state index contributed by atoms with van der Waals surface area (Å²) in [6, 6.07) is 2.77. The monoisotopic (exact) mass is 327 g/mol. The Morgan fingerprint density at radius 1 is 1.35 bits per heavy atom. The van der Waals surface area contributed by atoms with Gasteiger partial charge < -0.3 is 10.1 Å². The van der Waals surface area contributed by atoms with Crippen LogP contribution < -0.4 is 5.32 Å². The lowest BCUT2D eigenvalue weighted by atomic mass is 9.91. The fourth-order valence-corrected chi connectivity index (χ4v) is 2.35. The number of nitrogens with one attached hydrogen (secondary N) is 1. The van der Waals surface area contributed by atoms with Crippen molar-refractivity contribution in [3.63, 3.8) is 0 Å². The van der Waals surface area contributed by atoms with E-state index in [1.54, 1.807) is 0 Å². The molecule has 1 aromatic rings. The van der Waals surface area contributed by atoms with Crippen molar-refractivity contribution in [1.29, 1.82) is 0 Å². The molecule has 0 spiro atoms. The van der Waals surface area contributed by atoms with E-state index < -0.39 is 35.2 Å². The number of carbonyl (C=O) groups excluding carboxylic acids is 1. The third-order valence-electron chi connectivity index (χ3n) is 3.77. The summed E-state index contributed by atoms with van der Waals surface area (Å²) in [6.45, 7) is 1.21. The van der Waals surface area contributed by atoms with Gasteiger partial charge >= 0.3 is 6.18 Å². The van der Waals surface area contributed by atoms with Crippen molar-refractivity contribution in [2.45, 2.75) is 37.6 Å². The molecule has 2 aliphatic rings. The first kappa shape index (κ1) is 15.8. The number of hydrogen-bond donors (Lipinski definition) is 1. The van der Waals surface area contributed by atoms with E-state index in [0.29, 0.717) is 6.07 Å². The highest BCUT2D eigenvalue weighted by Crippen LogP contribution is 2.47. The fraction of sp³-hybridized carbons (Fsp3) is 0.438. The second-order valence-electron chi connectivity index (χ2n) is 5.66. The number of ether oxygens (including phenoxy) is 1. The molecular formula is C16H13F4NO2. The molecular weight excluding hydrogens is 314 g/mol. The Morgan fingerprint density at radius 3 is 2.65 bits per heavy atom. The zero-order chi connectivity index (χ0) is 16.8. The van der Waals surface area contributed by atoms with Gasteiger partial charge in [-0.1, -0.05) is 11.8 Å². The van der Waals surface area contributed by atoms with Crippen molar-refractivity contribution < 1.29 is 27.1 Å². The van der Waals surface area contributed by atoms with E-state index in [-0.39, 0.29) is 11.6 Å². The predicted molar refractivity (Wildman–Crippen MR) is 73.8 cm³/mol. The van der Waals surface area contributed by atoms with Gasteiger partial charge in [-0.05, 0) is 38.0 Å². The summed E-state index contributed by atoms with van der Waals surface area (Å²) in [4.78, 5) is 11.9. The number of hydrogen-bond acceptors (Lipinski definition) is 2. The largest absolute Gasteiger partial charge is 0.433 e. The highest BCUT2D eigenvalue weighted by molar-refractivity contribution is 5.95. The maximum Gasteiger partial charge on any atom is 0.433 e. The smallest absolute Gasteiger partial charge is 0.337 e. The molecule has 3 nitrogen and oxygen atoms in total. The highest BCUT2D eigenvalue weighted by atomic mass is 19.4. The number of alkyl halides is 3. The van der Waals surface area contributed by atoms with Crippen LogP contribution in [0.5, 0.6) is 0 Å². The number of anilines is 1. The molecule has 0 aromatic heterocycles. The Balaban J connectivity index is 2.25. The molecule has 1 heterocycles. The third kappa shape index (κ3) is 2.79. The lowest BCUT2D eigenvalue weighted by Gasteiger charge is -2.32. The van der Waals surface area contributed by atoms with E-state index in [4.69, 9.17) is 4.74 Å². The van der Waals surface area contributed by atoms with Gasteiger partial charge in [-0.25, -0.2) is 4.39 Å². The van der Waals surface area contributed by atoms with Gasteiger partial charge in [0.25, 0.3) is 11.5 Å². The van der Waals surface area contributed by atoms with Crippen LogP contribution in [-0.4, -0.2) is 18.2 Å².